The number of halogens is 3. The van der Waals surface area contributed by atoms with E-state index in [9.17, 15) is 22.5 Å². The number of rotatable bonds is 12. The van der Waals surface area contributed by atoms with Crippen molar-refractivity contribution in [1.82, 2.24) is 0 Å². The van der Waals surface area contributed by atoms with Crippen LogP contribution in [0.25, 0.3) is 0 Å². The minimum absolute atomic E-state index is 0.0956. The van der Waals surface area contributed by atoms with Gasteiger partial charge in [0.1, 0.15) is 5.75 Å². The second-order valence-corrected chi connectivity index (χ2v) is 9.99. The van der Waals surface area contributed by atoms with Crippen LogP contribution in [0, 0.1) is 0 Å². The summed E-state index contributed by atoms with van der Waals surface area (Å²) >= 11 is 1.30. The Bertz CT molecular complexity index is 957. The highest BCUT2D eigenvalue weighted by molar-refractivity contribution is 7.46. The van der Waals surface area contributed by atoms with E-state index < -0.39 is 25.1 Å². The predicted molar refractivity (Wildman–Crippen MR) is 114 cm³/mol. The molecule has 0 aliphatic rings. The molecule has 1 unspecified atom stereocenters. The fourth-order valence-electron chi connectivity index (χ4n) is 2.68. The smallest absolute Gasteiger partial charge is 0.469 e. The Labute approximate surface area is 187 Å². The molecule has 0 aliphatic carbocycles. The van der Waals surface area contributed by atoms with Crippen molar-refractivity contribution in [1.29, 1.82) is 0 Å². The molecule has 0 aliphatic heterocycles. The van der Waals surface area contributed by atoms with Gasteiger partial charge in [-0.2, -0.15) is 13.2 Å². The lowest BCUT2D eigenvalue weighted by Gasteiger charge is -2.24. The molecule has 32 heavy (non-hydrogen) atoms. The van der Waals surface area contributed by atoms with Crippen LogP contribution in [-0.2, 0) is 21.7 Å². The molecule has 1 aromatic heterocycles. The third-order valence-corrected chi connectivity index (χ3v) is 6.07. The lowest BCUT2D eigenvalue weighted by atomic mass is 9.98. The quantitative estimate of drug-likeness (QED) is 0.224. The third kappa shape index (κ3) is 9.40. The van der Waals surface area contributed by atoms with Gasteiger partial charge in [-0.1, -0.05) is 6.07 Å². The fourth-order valence-corrected chi connectivity index (χ4v) is 4.12. The summed E-state index contributed by atoms with van der Waals surface area (Å²) in [5.41, 5.74) is 4.25. The van der Waals surface area contributed by atoms with Crippen molar-refractivity contribution in [3.8, 4) is 5.75 Å². The van der Waals surface area contributed by atoms with Crippen molar-refractivity contribution < 1.29 is 41.6 Å². The molecule has 1 aromatic carbocycles. The van der Waals surface area contributed by atoms with Gasteiger partial charge in [-0.15, -0.1) is 11.3 Å². The molecule has 0 saturated carbocycles. The topological polar surface area (TPSA) is 119 Å². The summed E-state index contributed by atoms with van der Waals surface area (Å²) in [6.45, 7) is 1.42. The minimum atomic E-state index is -4.59. The highest BCUT2D eigenvalue weighted by Gasteiger charge is 2.30. The van der Waals surface area contributed by atoms with Crippen molar-refractivity contribution in [2.75, 3.05) is 13.2 Å². The van der Waals surface area contributed by atoms with Crippen molar-refractivity contribution in [2.24, 2.45) is 5.73 Å². The van der Waals surface area contributed by atoms with E-state index in [1.54, 1.807) is 19.1 Å². The first-order valence-electron chi connectivity index (χ1n) is 9.66. The van der Waals surface area contributed by atoms with E-state index in [4.69, 9.17) is 20.3 Å². The summed E-state index contributed by atoms with van der Waals surface area (Å²) in [7, 11) is -4.59. The molecule has 0 spiro atoms. The molecule has 178 valence electrons. The number of ether oxygens (including phenoxy) is 1. The number of aryl methyl sites for hydroxylation is 1. The molecule has 0 saturated heterocycles. The summed E-state index contributed by atoms with van der Waals surface area (Å²) in [6, 6.07) is 8.05. The van der Waals surface area contributed by atoms with Gasteiger partial charge in [0, 0.05) is 16.8 Å². The van der Waals surface area contributed by atoms with Crippen LogP contribution in [0.3, 0.4) is 0 Å². The summed E-state index contributed by atoms with van der Waals surface area (Å²) in [4.78, 5) is 31.3. The molecule has 4 N–H and O–H groups in total. The highest BCUT2D eigenvalue weighted by atomic mass is 32.1. The van der Waals surface area contributed by atoms with Crippen LogP contribution >= 0.6 is 19.2 Å². The SMILES string of the molecule is CC(N)(CCc1ccc(C(=O)CCCOc2cccc(C(F)(F)F)c2)s1)COP(=O)(O)O. The maximum absolute atomic E-state index is 12.7. The molecular weight excluding hydrogens is 470 g/mol. The standard InChI is InChI=1S/C20H25F3NO6PS/c1-19(24,13-30-31(26,27)28)10-9-16-7-8-18(32-16)17(25)6-3-11-29-15-5-2-4-14(12-15)20(21,22)23/h2,4-5,7-8,12H,3,6,9-11,13,24H2,1H3,(H2,26,27,28). The molecule has 1 heterocycles. The Balaban J connectivity index is 1.76. The number of ketones is 1. The number of phosphoric acid groups is 1. The second-order valence-electron chi connectivity index (χ2n) is 7.58. The Kier molecular flexibility index (Phi) is 9.04. The molecule has 0 amide bonds. The Morgan fingerprint density at radius 1 is 1.22 bits per heavy atom. The number of alkyl halides is 3. The number of thiophene rings is 1. The normalized spacial score (nSPS) is 14.2. The minimum Gasteiger partial charge on any atom is -0.494 e. The van der Waals surface area contributed by atoms with Gasteiger partial charge in [-0.25, -0.2) is 4.57 Å². The molecule has 0 fully saturated rings. The first-order chi connectivity index (χ1) is 14.8. The predicted octanol–water partition coefficient (Wildman–Crippen LogP) is 4.57. The number of phosphoric ester groups is 1. The van der Waals surface area contributed by atoms with E-state index in [0.29, 0.717) is 24.1 Å². The van der Waals surface area contributed by atoms with E-state index in [2.05, 4.69) is 4.52 Å². The summed E-state index contributed by atoms with van der Waals surface area (Å²) in [6.07, 6.45) is -3.01. The first kappa shape index (κ1) is 26.5. The van der Waals surface area contributed by atoms with Gasteiger partial charge in [0.25, 0.3) is 0 Å². The molecule has 0 radical (unpaired) electrons. The summed E-state index contributed by atoms with van der Waals surface area (Å²) in [5, 5.41) is 0. The monoisotopic (exact) mass is 495 g/mol. The number of hydrogen-bond acceptors (Lipinski definition) is 6. The maximum atomic E-state index is 12.7. The molecule has 7 nitrogen and oxygen atoms in total. The molecule has 12 heteroatoms. The number of carbonyl (C=O) groups is 1. The third-order valence-electron chi connectivity index (χ3n) is 4.42. The van der Waals surface area contributed by atoms with Gasteiger partial charge in [0.15, 0.2) is 5.78 Å². The molecule has 0 bridgehead atoms. The summed E-state index contributed by atoms with van der Waals surface area (Å²) < 4.78 is 58.7. The van der Waals surface area contributed by atoms with Crippen molar-refractivity contribution in [3.63, 3.8) is 0 Å². The lowest BCUT2D eigenvalue weighted by molar-refractivity contribution is -0.137. The number of benzene rings is 1. The van der Waals surface area contributed by atoms with Gasteiger partial charge >= 0.3 is 14.0 Å². The van der Waals surface area contributed by atoms with Gasteiger partial charge in [-0.05, 0) is 56.5 Å². The fraction of sp³-hybridized carbons (Fsp3) is 0.450. The number of Topliss-reactive ketones (excluding diaryl/α,β-unsaturated/α-hetero) is 1. The zero-order chi connectivity index (χ0) is 24.0. The zero-order valence-corrected chi connectivity index (χ0v) is 19.0. The first-order valence-corrected chi connectivity index (χ1v) is 12.0. The molecule has 2 aromatic rings. The Morgan fingerprint density at radius 2 is 1.94 bits per heavy atom. The lowest BCUT2D eigenvalue weighted by Crippen LogP contribution is -2.41. The highest BCUT2D eigenvalue weighted by Crippen LogP contribution is 2.37. The Hall–Kier alpha value is -1.75. The van der Waals surface area contributed by atoms with Crippen molar-refractivity contribution in [3.05, 3.63) is 51.7 Å². The van der Waals surface area contributed by atoms with Gasteiger partial charge < -0.3 is 20.3 Å². The van der Waals surface area contributed by atoms with Gasteiger partial charge in [-0.3, -0.25) is 9.32 Å². The van der Waals surface area contributed by atoms with Gasteiger partial charge in [0.2, 0.25) is 0 Å². The van der Waals surface area contributed by atoms with E-state index in [1.165, 1.54) is 23.5 Å². The van der Waals surface area contributed by atoms with Gasteiger partial charge in [0.05, 0.1) is 23.7 Å². The van der Waals surface area contributed by atoms with E-state index >= 15 is 0 Å². The average molecular weight is 495 g/mol. The molecule has 1 atom stereocenters. The van der Waals surface area contributed by atoms with Crippen LogP contribution in [0.4, 0.5) is 13.2 Å². The van der Waals surface area contributed by atoms with Crippen LogP contribution in [0.2, 0.25) is 0 Å². The van der Waals surface area contributed by atoms with Crippen LogP contribution in [0.5, 0.6) is 5.75 Å². The van der Waals surface area contributed by atoms with Crippen molar-refractivity contribution >= 4 is 24.9 Å². The number of nitrogens with two attached hydrogens (primary N) is 1. The largest absolute Gasteiger partial charge is 0.494 e. The Morgan fingerprint density at radius 3 is 2.59 bits per heavy atom. The van der Waals surface area contributed by atoms with Crippen LogP contribution < -0.4 is 10.5 Å². The van der Waals surface area contributed by atoms with E-state index in [0.717, 1.165) is 17.0 Å². The van der Waals surface area contributed by atoms with Crippen LogP contribution in [0.1, 0.15) is 46.3 Å². The van der Waals surface area contributed by atoms with Crippen LogP contribution in [-0.4, -0.2) is 34.3 Å². The molecular formula is C20H25F3NO6PS. The zero-order valence-electron chi connectivity index (χ0n) is 17.3. The summed E-state index contributed by atoms with van der Waals surface area (Å²) in [5.74, 6) is -0.00696. The number of carbonyl (C=O) groups excluding carboxylic acids is 1. The van der Waals surface area contributed by atoms with Crippen molar-refractivity contribution in [2.45, 2.75) is 44.3 Å². The molecule has 2 rings (SSSR count). The van der Waals surface area contributed by atoms with Crippen LogP contribution in [0.15, 0.2) is 36.4 Å². The van der Waals surface area contributed by atoms with E-state index in [1.807, 2.05) is 0 Å². The van der Waals surface area contributed by atoms with E-state index in [-0.39, 0.29) is 31.2 Å². The average Bonchev–Trinajstić information content (AvgIpc) is 3.17. The second kappa shape index (κ2) is 10.9. The number of hydrogen-bond donors (Lipinski definition) is 3. The maximum Gasteiger partial charge on any atom is 0.469 e.